The Morgan fingerprint density at radius 1 is 1.75 bits per heavy atom. The van der Waals surface area contributed by atoms with E-state index in [1.54, 1.807) is 4.74 Å². The van der Waals surface area contributed by atoms with Crippen molar-refractivity contribution in [3.05, 3.63) is 0 Å². The van der Waals surface area contributed by atoms with E-state index < -0.39 is 0 Å². The van der Waals surface area contributed by atoms with Crippen LogP contribution in [0.25, 0.3) is 0 Å². The van der Waals surface area contributed by atoms with E-state index in [2.05, 4.69) is 0 Å². The topological polar surface area (TPSA) is 23.8 Å². The zero-order chi connectivity index (χ0) is 2.71. The first-order chi connectivity index (χ1) is 1.41. The standard InChI is InChI=1S/CN.Li.H2Se/c1-2;;/h;;1H2. The summed E-state index contributed by atoms with van der Waals surface area (Å²) in [5.41, 5.74) is 0. The summed E-state index contributed by atoms with van der Waals surface area (Å²) in [6.07, 6.45) is 0. The quantitative estimate of drug-likeness (QED) is 0.360. The molecule has 0 aliphatic heterocycles. The van der Waals surface area contributed by atoms with Crippen LogP contribution in [0.15, 0.2) is 0 Å². The predicted octanol–water partition coefficient (Wildman–Crippen LogP) is -1.28. The Labute approximate surface area is 45.0 Å². The summed E-state index contributed by atoms with van der Waals surface area (Å²) >= 11 is 1.43. The van der Waals surface area contributed by atoms with Crippen molar-refractivity contribution in [2.24, 2.45) is 0 Å². The van der Waals surface area contributed by atoms with Gasteiger partial charge in [0.2, 0.25) is 0 Å². The van der Waals surface area contributed by atoms with Crippen molar-refractivity contribution in [3.63, 3.8) is 0 Å². The molecule has 0 spiro atoms. The van der Waals surface area contributed by atoms with Gasteiger partial charge in [-0.05, 0) is 0 Å². The van der Waals surface area contributed by atoms with Gasteiger partial charge in [-0.25, -0.2) is 0 Å². The predicted molar refractivity (Wildman–Crippen MR) is 19.9 cm³/mol. The number of nitriles is 1. The fourth-order valence-electron chi connectivity index (χ4n) is 0. The molecule has 0 saturated heterocycles. The van der Waals surface area contributed by atoms with E-state index in [9.17, 15) is 0 Å². The Morgan fingerprint density at radius 2 is 1.75 bits per heavy atom. The molecule has 0 amide bonds. The molecule has 0 fully saturated rings. The van der Waals surface area contributed by atoms with Gasteiger partial charge in [0.25, 0.3) is 0 Å². The van der Waals surface area contributed by atoms with Gasteiger partial charge in [0.15, 0.2) is 0 Å². The fraction of sp³-hybridized carbons (Fsp3) is 0. The van der Waals surface area contributed by atoms with Crippen LogP contribution >= 0.6 is 0 Å². The van der Waals surface area contributed by atoms with Crippen molar-refractivity contribution >= 4 is 34.8 Å². The van der Waals surface area contributed by atoms with Crippen molar-refractivity contribution in [1.82, 2.24) is 0 Å². The summed E-state index contributed by atoms with van der Waals surface area (Å²) in [6, 6.07) is 0. The van der Waals surface area contributed by atoms with Crippen LogP contribution in [0.3, 0.4) is 0 Å². The van der Waals surface area contributed by atoms with Gasteiger partial charge in [-0.2, -0.15) is 0 Å². The van der Waals surface area contributed by atoms with Crippen molar-refractivity contribution < 1.29 is 0 Å². The summed E-state index contributed by atoms with van der Waals surface area (Å²) < 4.78 is 1.75. The van der Waals surface area contributed by atoms with Crippen LogP contribution in [0, 0.1) is 10.0 Å². The van der Waals surface area contributed by atoms with Crippen LogP contribution in [0.2, 0.25) is 0 Å². The third-order valence-corrected chi connectivity index (χ3v) is 0. The SMILES string of the molecule is [Li][C]#N.[SeH2]. The molecule has 0 rings (SSSR count). The zero-order valence-corrected chi connectivity index (χ0v) is 4.55. The van der Waals surface area contributed by atoms with E-state index in [0.717, 1.165) is 0 Å². The first-order valence-electron chi connectivity index (χ1n) is 0.724. The third-order valence-electron chi connectivity index (χ3n) is 0. The Balaban J connectivity index is 0. The molecular weight excluding hydrogens is 112 g/mol. The summed E-state index contributed by atoms with van der Waals surface area (Å²) in [5, 5.41) is 7.32. The van der Waals surface area contributed by atoms with Crippen molar-refractivity contribution in [2.45, 2.75) is 0 Å². The average molecular weight is 114 g/mol. The van der Waals surface area contributed by atoms with Crippen LogP contribution in [0.1, 0.15) is 0 Å². The Bertz CT molecular complexity index is 29.5. The first kappa shape index (κ1) is 8.82. The van der Waals surface area contributed by atoms with Gasteiger partial charge in [0.05, 0.1) is 0 Å². The molecule has 0 aromatic heterocycles. The van der Waals surface area contributed by atoms with E-state index in [1.165, 1.54) is 17.7 Å². The molecule has 18 valence electrons. The van der Waals surface area contributed by atoms with E-state index in [4.69, 9.17) is 5.26 Å². The number of hydrogen-bond donors (Lipinski definition) is 0. The molecule has 0 unspecified atom stereocenters. The maximum atomic E-state index is 7.32. The Hall–Kier alpha value is 0.607. The van der Waals surface area contributed by atoms with E-state index >= 15 is 0 Å². The van der Waals surface area contributed by atoms with Crippen LogP contribution in [-0.2, 0) is 0 Å². The first-order valence-corrected chi connectivity index (χ1v) is 0.724. The van der Waals surface area contributed by atoms with E-state index in [0.29, 0.717) is 0 Å². The summed E-state index contributed by atoms with van der Waals surface area (Å²) in [6.45, 7) is 0. The van der Waals surface area contributed by atoms with Crippen LogP contribution in [-0.4, -0.2) is 34.8 Å². The van der Waals surface area contributed by atoms with Crippen LogP contribution < -0.4 is 0 Å². The van der Waals surface area contributed by atoms with Crippen molar-refractivity contribution in [3.8, 4) is 4.74 Å². The molecule has 0 radical (unpaired) electrons. The molecule has 0 atom stereocenters. The number of nitrogens with zero attached hydrogens (tertiary/aromatic N) is 1. The van der Waals surface area contributed by atoms with Gasteiger partial charge in [-0.1, -0.05) is 0 Å². The average Bonchev–Trinajstić information content (AvgIpc) is 0.918. The molecule has 0 saturated carbocycles. The molecule has 4 heavy (non-hydrogen) atoms. The van der Waals surface area contributed by atoms with Gasteiger partial charge in [0, 0.05) is 0 Å². The van der Waals surface area contributed by atoms with Gasteiger partial charge < -0.3 is 0 Å². The van der Waals surface area contributed by atoms with Gasteiger partial charge in [-0.15, -0.1) is 0 Å². The van der Waals surface area contributed by atoms with Crippen molar-refractivity contribution in [2.75, 3.05) is 0 Å². The van der Waals surface area contributed by atoms with Gasteiger partial charge in [-0.3, -0.25) is 0 Å². The normalized spacial score (nSPS) is 2.25. The van der Waals surface area contributed by atoms with E-state index in [-0.39, 0.29) is 17.1 Å². The molecule has 0 aliphatic carbocycles. The molecule has 0 heterocycles. The summed E-state index contributed by atoms with van der Waals surface area (Å²) in [7, 11) is 0. The number of rotatable bonds is 0. The molecule has 0 aromatic carbocycles. The Kier molecular flexibility index (Phi) is 20.9. The van der Waals surface area contributed by atoms with Gasteiger partial charge in [0.1, 0.15) is 0 Å². The zero-order valence-electron chi connectivity index (χ0n) is 2.45. The monoisotopic (exact) mass is 115 g/mol. The Morgan fingerprint density at radius 3 is 1.75 bits per heavy atom. The molecule has 0 aromatic rings. The van der Waals surface area contributed by atoms with Crippen molar-refractivity contribution in [1.29, 1.82) is 5.26 Å². The molecule has 0 bridgehead atoms. The van der Waals surface area contributed by atoms with E-state index in [1.807, 2.05) is 0 Å². The minimum atomic E-state index is 0. The minimum absolute atomic E-state index is 0. The molecule has 3 heteroatoms. The van der Waals surface area contributed by atoms with Crippen LogP contribution in [0.5, 0.6) is 0 Å². The second-order valence-corrected chi connectivity index (χ2v) is 0.224. The van der Waals surface area contributed by atoms with Gasteiger partial charge >= 0.3 is 44.8 Å². The van der Waals surface area contributed by atoms with Crippen LogP contribution in [0.4, 0.5) is 0 Å². The molecular formula is CH2LiNSe. The summed E-state index contributed by atoms with van der Waals surface area (Å²) in [5.74, 6) is 0. The number of hydrogen-bond acceptors (Lipinski definition) is 1. The molecule has 1 nitrogen and oxygen atoms in total. The summed E-state index contributed by atoms with van der Waals surface area (Å²) in [4.78, 5) is 0. The second-order valence-electron chi connectivity index (χ2n) is 0.224. The molecule has 0 N–H and O–H groups in total. The molecule has 0 aliphatic rings. The fourth-order valence-corrected chi connectivity index (χ4v) is 0. The third kappa shape index (κ3) is 18.3. The second kappa shape index (κ2) is 9.49. The maximum absolute atomic E-state index is 7.32.